The Morgan fingerprint density at radius 1 is 1.14 bits per heavy atom. The molecule has 0 saturated carbocycles. The molecule has 1 saturated heterocycles. The lowest BCUT2D eigenvalue weighted by Gasteiger charge is -2.41. The zero-order chi connectivity index (χ0) is 19.3. The van der Waals surface area contributed by atoms with Crippen molar-refractivity contribution >= 4 is 11.0 Å². The fourth-order valence-corrected chi connectivity index (χ4v) is 3.97. The first kappa shape index (κ1) is 18.9. The zero-order valence-corrected chi connectivity index (χ0v) is 16.1. The van der Waals surface area contributed by atoms with Crippen molar-refractivity contribution in [3.05, 3.63) is 53.6 Å². The van der Waals surface area contributed by atoms with E-state index >= 15 is 0 Å². The first-order valence-corrected chi connectivity index (χ1v) is 9.67. The second kappa shape index (κ2) is 8.68. The molecule has 4 rings (SSSR count). The summed E-state index contributed by atoms with van der Waals surface area (Å²) in [7, 11) is 1.69. The maximum Gasteiger partial charge on any atom is 0.139 e. The van der Waals surface area contributed by atoms with Crippen LogP contribution in [0.4, 0.5) is 0 Å². The zero-order valence-electron chi connectivity index (χ0n) is 16.1. The topological polar surface area (TPSA) is 74.9 Å². The number of hydrogen-bond acceptors (Lipinski definition) is 7. The second-order valence-electron chi connectivity index (χ2n) is 7.27. The second-order valence-corrected chi connectivity index (χ2v) is 7.27. The molecule has 7 heteroatoms. The van der Waals surface area contributed by atoms with Crippen LogP contribution in [0, 0.1) is 0 Å². The van der Waals surface area contributed by atoms with Gasteiger partial charge in [-0.1, -0.05) is 24.3 Å². The highest BCUT2D eigenvalue weighted by molar-refractivity contribution is 5.76. The first-order chi connectivity index (χ1) is 13.8. The quantitative estimate of drug-likeness (QED) is 0.672. The molecule has 0 amide bonds. The Labute approximate surface area is 164 Å². The molecule has 2 aromatic carbocycles. The molecule has 1 fully saturated rings. The molecule has 1 aromatic heterocycles. The van der Waals surface area contributed by atoms with Crippen molar-refractivity contribution in [1.29, 1.82) is 0 Å². The maximum atomic E-state index is 9.58. The number of methoxy groups -OCH3 is 1. The highest BCUT2D eigenvalue weighted by Crippen LogP contribution is 2.22. The third-order valence-corrected chi connectivity index (χ3v) is 5.43. The van der Waals surface area contributed by atoms with E-state index in [1.807, 2.05) is 24.3 Å². The van der Waals surface area contributed by atoms with Crippen molar-refractivity contribution in [2.75, 3.05) is 33.4 Å². The smallest absolute Gasteiger partial charge is 0.139 e. The van der Waals surface area contributed by atoms with Crippen LogP contribution >= 0.6 is 0 Å². The summed E-state index contributed by atoms with van der Waals surface area (Å²) in [5, 5.41) is 17.6. The van der Waals surface area contributed by atoms with Crippen LogP contribution in [-0.4, -0.2) is 64.6 Å². The molecule has 0 bridgehead atoms. The van der Waals surface area contributed by atoms with Crippen molar-refractivity contribution in [2.45, 2.75) is 25.6 Å². The summed E-state index contributed by atoms with van der Waals surface area (Å²) >= 11 is 0. The van der Waals surface area contributed by atoms with Crippen LogP contribution in [-0.2, 0) is 13.1 Å². The molecule has 1 N–H and O–H groups in total. The molecule has 0 radical (unpaired) electrons. The van der Waals surface area contributed by atoms with Crippen molar-refractivity contribution in [2.24, 2.45) is 0 Å². The number of aromatic nitrogens is 2. The minimum absolute atomic E-state index is 0.190. The molecule has 0 unspecified atom stereocenters. The van der Waals surface area contributed by atoms with E-state index in [0.717, 1.165) is 61.5 Å². The van der Waals surface area contributed by atoms with Crippen molar-refractivity contribution in [1.82, 2.24) is 20.1 Å². The molecule has 3 aromatic rings. The predicted octanol–water partition coefficient (Wildman–Crippen LogP) is 2.30. The number of benzene rings is 2. The van der Waals surface area contributed by atoms with Gasteiger partial charge in [0.25, 0.3) is 0 Å². The largest absolute Gasteiger partial charge is 0.497 e. The maximum absolute atomic E-state index is 9.58. The van der Waals surface area contributed by atoms with Gasteiger partial charge < -0.3 is 9.84 Å². The van der Waals surface area contributed by atoms with Crippen LogP contribution in [0.25, 0.3) is 11.0 Å². The van der Waals surface area contributed by atoms with Crippen LogP contribution in [0.5, 0.6) is 5.75 Å². The van der Waals surface area contributed by atoms with Crippen LogP contribution in [0.15, 0.2) is 47.1 Å². The van der Waals surface area contributed by atoms with Gasteiger partial charge in [0.05, 0.1) is 7.11 Å². The number of ether oxygens (including phenoxy) is 1. The van der Waals surface area contributed by atoms with E-state index in [-0.39, 0.29) is 6.61 Å². The van der Waals surface area contributed by atoms with E-state index in [1.165, 1.54) is 5.56 Å². The lowest BCUT2D eigenvalue weighted by molar-refractivity contribution is 0.0501. The van der Waals surface area contributed by atoms with Crippen LogP contribution < -0.4 is 4.74 Å². The Kier molecular flexibility index (Phi) is 5.85. The van der Waals surface area contributed by atoms with Crippen molar-refractivity contribution < 1.29 is 14.5 Å². The van der Waals surface area contributed by atoms with Gasteiger partial charge in [-0.05, 0) is 46.1 Å². The van der Waals surface area contributed by atoms with E-state index in [0.29, 0.717) is 6.04 Å². The highest BCUT2D eigenvalue weighted by Gasteiger charge is 2.27. The molecule has 0 aliphatic carbocycles. The standard InChI is InChI=1S/C21H26N4O3/c1-27-19-6-2-4-16(12-19)13-25-10-9-24(15-18(25)8-11-26)14-17-5-3-7-20-21(17)23-28-22-20/h2-7,12,18,26H,8-11,13-15H2,1H3/t18-/m1/s1. The monoisotopic (exact) mass is 382 g/mol. The molecule has 7 nitrogen and oxygen atoms in total. The molecular weight excluding hydrogens is 356 g/mol. The molecule has 1 atom stereocenters. The summed E-state index contributed by atoms with van der Waals surface area (Å²) in [5.74, 6) is 0.879. The molecular formula is C21H26N4O3. The lowest BCUT2D eigenvalue weighted by atomic mass is 10.1. The van der Waals surface area contributed by atoms with Gasteiger partial charge >= 0.3 is 0 Å². The number of rotatable bonds is 7. The number of nitrogens with zero attached hydrogens (tertiary/aromatic N) is 4. The molecule has 0 spiro atoms. The van der Waals surface area contributed by atoms with Crippen LogP contribution in [0.2, 0.25) is 0 Å². The first-order valence-electron chi connectivity index (χ1n) is 9.67. The van der Waals surface area contributed by atoms with Gasteiger partial charge in [-0.3, -0.25) is 9.80 Å². The minimum Gasteiger partial charge on any atom is -0.497 e. The Balaban J connectivity index is 1.44. The number of aliphatic hydroxyl groups is 1. The summed E-state index contributed by atoms with van der Waals surface area (Å²) in [4.78, 5) is 4.88. The SMILES string of the molecule is COc1cccc(CN2CCN(Cc3cccc4nonc34)C[C@H]2CCO)c1. The van der Waals surface area contributed by atoms with Gasteiger partial charge in [0.15, 0.2) is 0 Å². The highest BCUT2D eigenvalue weighted by atomic mass is 16.6. The van der Waals surface area contributed by atoms with Crippen molar-refractivity contribution in [3.8, 4) is 5.75 Å². The number of fused-ring (bicyclic) bond motifs is 1. The fourth-order valence-electron chi connectivity index (χ4n) is 3.97. The summed E-state index contributed by atoms with van der Waals surface area (Å²) in [6, 6.07) is 14.5. The Morgan fingerprint density at radius 3 is 2.89 bits per heavy atom. The summed E-state index contributed by atoms with van der Waals surface area (Å²) in [6.07, 6.45) is 0.760. The summed E-state index contributed by atoms with van der Waals surface area (Å²) in [5.41, 5.74) is 3.98. The van der Waals surface area contributed by atoms with E-state index in [1.54, 1.807) is 7.11 Å². The van der Waals surface area contributed by atoms with Crippen molar-refractivity contribution in [3.63, 3.8) is 0 Å². The predicted molar refractivity (Wildman–Crippen MR) is 106 cm³/mol. The van der Waals surface area contributed by atoms with Gasteiger partial charge in [-0.15, -0.1) is 0 Å². The van der Waals surface area contributed by atoms with Gasteiger partial charge in [0.1, 0.15) is 16.8 Å². The van der Waals surface area contributed by atoms with E-state index in [2.05, 4.69) is 38.3 Å². The van der Waals surface area contributed by atoms with Crippen LogP contribution in [0.1, 0.15) is 17.5 Å². The van der Waals surface area contributed by atoms with E-state index in [9.17, 15) is 5.11 Å². The molecule has 148 valence electrons. The molecule has 1 aliphatic rings. The molecule has 2 heterocycles. The lowest BCUT2D eigenvalue weighted by Crippen LogP contribution is -2.52. The Morgan fingerprint density at radius 2 is 2.04 bits per heavy atom. The average Bonchev–Trinajstić information content (AvgIpc) is 3.20. The summed E-state index contributed by atoms with van der Waals surface area (Å²) < 4.78 is 10.2. The van der Waals surface area contributed by atoms with E-state index in [4.69, 9.17) is 9.37 Å². The molecule has 28 heavy (non-hydrogen) atoms. The number of hydrogen-bond donors (Lipinski definition) is 1. The number of piperazine rings is 1. The third kappa shape index (κ3) is 4.16. The Hall–Kier alpha value is -2.48. The van der Waals surface area contributed by atoms with Gasteiger partial charge in [0, 0.05) is 45.4 Å². The van der Waals surface area contributed by atoms with Gasteiger partial charge in [-0.2, -0.15) is 0 Å². The van der Waals surface area contributed by atoms with Crippen LogP contribution in [0.3, 0.4) is 0 Å². The number of aliphatic hydroxyl groups excluding tert-OH is 1. The Bertz CT molecular complexity index is 913. The minimum atomic E-state index is 0.190. The van der Waals surface area contributed by atoms with E-state index < -0.39 is 0 Å². The average molecular weight is 382 g/mol. The fraction of sp³-hybridized carbons (Fsp3) is 0.429. The van der Waals surface area contributed by atoms with Gasteiger partial charge in [0.2, 0.25) is 0 Å². The molecule has 1 aliphatic heterocycles. The third-order valence-electron chi connectivity index (χ3n) is 5.43. The summed E-state index contributed by atoms with van der Waals surface area (Å²) in [6.45, 7) is 4.68. The normalized spacial score (nSPS) is 18.6. The van der Waals surface area contributed by atoms with Gasteiger partial charge in [-0.25, -0.2) is 4.63 Å².